The van der Waals surface area contributed by atoms with E-state index in [-0.39, 0.29) is 23.5 Å². The Kier molecular flexibility index (Phi) is 7.00. The lowest BCUT2D eigenvalue weighted by Crippen LogP contribution is -2.37. The van der Waals surface area contributed by atoms with Crippen LogP contribution in [-0.2, 0) is 9.59 Å². The molecule has 0 unspecified atom stereocenters. The summed E-state index contributed by atoms with van der Waals surface area (Å²) in [4.78, 5) is 23.3. The van der Waals surface area contributed by atoms with Gasteiger partial charge in [0.15, 0.2) is 5.16 Å². The highest BCUT2D eigenvalue weighted by atomic mass is 32.2. The highest BCUT2D eigenvalue weighted by Gasteiger charge is 2.10. The van der Waals surface area contributed by atoms with E-state index >= 15 is 0 Å². The van der Waals surface area contributed by atoms with Gasteiger partial charge in [0.25, 0.3) is 0 Å². The van der Waals surface area contributed by atoms with Gasteiger partial charge in [-0.25, -0.2) is 0 Å². The summed E-state index contributed by atoms with van der Waals surface area (Å²) in [7, 11) is 0. The summed E-state index contributed by atoms with van der Waals surface area (Å²) in [6.07, 6.45) is 1.63. The molecule has 2 N–H and O–H groups in total. The molecule has 0 saturated heterocycles. The maximum atomic E-state index is 11.9. The highest BCUT2D eigenvalue weighted by molar-refractivity contribution is 7.99. The summed E-state index contributed by atoms with van der Waals surface area (Å²) < 4.78 is 1.85. The number of aryl methyl sites for hydroxylation is 1. The van der Waals surface area contributed by atoms with E-state index in [1.807, 2.05) is 49.6 Å². The van der Waals surface area contributed by atoms with Gasteiger partial charge in [0.1, 0.15) is 6.33 Å². The van der Waals surface area contributed by atoms with Gasteiger partial charge in [-0.05, 0) is 19.1 Å². The van der Waals surface area contributed by atoms with Crippen LogP contribution in [0.1, 0.15) is 19.4 Å². The van der Waals surface area contributed by atoms with Crippen LogP contribution >= 0.6 is 11.8 Å². The van der Waals surface area contributed by atoms with Gasteiger partial charge < -0.3 is 10.6 Å². The fourth-order valence-electron chi connectivity index (χ4n) is 1.98. The molecule has 2 amide bonds. The zero-order valence-corrected chi connectivity index (χ0v) is 15.5. The molecule has 1 heterocycles. The van der Waals surface area contributed by atoms with Crippen molar-refractivity contribution in [2.24, 2.45) is 5.92 Å². The number of nitrogens with one attached hydrogen (secondary N) is 2. The number of carbonyl (C=O) groups excluding carboxylic acids is 2. The van der Waals surface area contributed by atoms with Gasteiger partial charge >= 0.3 is 0 Å². The molecule has 0 spiro atoms. The molecule has 0 aliphatic rings. The molecule has 7 nitrogen and oxygen atoms in total. The van der Waals surface area contributed by atoms with Crippen molar-refractivity contribution in [1.29, 1.82) is 0 Å². The number of aromatic nitrogens is 3. The fourth-order valence-corrected chi connectivity index (χ4v) is 2.74. The predicted octanol–water partition coefficient (Wildman–Crippen LogP) is 1.56. The normalized spacial score (nSPS) is 10.7. The maximum Gasteiger partial charge on any atom is 0.230 e. The molecule has 8 heteroatoms. The smallest absolute Gasteiger partial charge is 0.230 e. The molecule has 1 aromatic carbocycles. The first-order chi connectivity index (χ1) is 12.0. The molecule has 134 valence electrons. The Bertz CT molecular complexity index is 712. The van der Waals surface area contributed by atoms with Crippen LogP contribution in [0.25, 0.3) is 5.69 Å². The van der Waals surface area contributed by atoms with Gasteiger partial charge in [-0.15, -0.1) is 10.2 Å². The lowest BCUT2D eigenvalue weighted by molar-refractivity contribution is -0.124. The molecular weight excluding hydrogens is 338 g/mol. The third-order valence-corrected chi connectivity index (χ3v) is 4.37. The molecule has 0 radical (unpaired) electrons. The Hall–Kier alpha value is -2.35. The van der Waals surface area contributed by atoms with Crippen LogP contribution < -0.4 is 10.6 Å². The van der Waals surface area contributed by atoms with Crippen molar-refractivity contribution >= 4 is 23.6 Å². The minimum Gasteiger partial charge on any atom is -0.354 e. The highest BCUT2D eigenvalue weighted by Crippen LogP contribution is 2.19. The largest absolute Gasteiger partial charge is 0.354 e. The van der Waals surface area contributed by atoms with Gasteiger partial charge in [-0.2, -0.15) is 0 Å². The second-order valence-electron chi connectivity index (χ2n) is 5.90. The Balaban J connectivity index is 1.78. The Morgan fingerprint density at radius 3 is 2.52 bits per heavy atom. The van der Waals surface area contributed by atoms with E-state index in [1.165, 1.54) is 17.3 Å². The lowest BCUT2D eigenvalue weighted by Gasteiger charge is -2.09. The summed E-state index contributed by atoms with van der Waals surface area (Å²) in [5, 5.41) is 14.2. The van der Waals surface area contributed by atoms with Crippen LogP contribution in [0.4, 0.5) is 0 Å². The maximum absolute atomic E-state index is 11.9. The summed E-state index contributed by atoms with van der Waals surface area (Å²) in [5.41, 5.74) is 2.13. The SMILES string of the molecule is Cc1ccc(-n2cnnc2SCC(=O)NCCNC(=O)C(C)C)cc1. The number of amides is 2. The Morgan fingerprint density at radius 1 is 1.16 bits per heavy atom. The van der Waals surface area contributed by atoms with Crippen molar-refractivity contribution in [3.63, 3.8) is 0 Å². The number of nitrogens with zero attached hydrogens (tertiary/aromatic N) is 3. The molecule has 0 aliphatic carbocycles. The number of carbonyl (C=O) groups is 2. The first-order valence-electron chi connectivity index (χ1n) is 8.11. The first-order valence-corrected chi connectivity index (χ1v) is 9.10. The van der Waals surface area contributed by atoms with Crippen molar-refractivity contribution in [1.82, 2.24) is 25.4 Å². The van der Waals surface area contributed by atoms with E-state index in [0.717, 1.165) is 5.69 Å². The van der Waals surface area contributed by atoms with E-state index in [1.54, 1.807) is 6.33 Å². The molecule has 0 fully saturated rings. The number of hydrogen-bond acceptors (Lipinski definition) is 5. The number of thioether (sulfide) groups is 1. The monoisotopic (exact) mass is 361 g/mol. The molecular formula is C17H23N5O2S. The second kappa shape index (κ2) is 9.22. The molecule has 0 aliphatic heterocycles. The second-order valence-corrected chi connectivity index (χ2v) is 6.85. The quantitative estimate of drug-likeness (QED) is 0.550. The van der Waals surface area contributed by atoms with Gasteiger partial charge in [-0.1, -0.05) is 43.3 Å². The van der Waals surface area contributed by atoms with Gasteiger partial charge in [0.05, 0.1) is 5.75 Å². The van der Waals surface area contributed by atoms with Crippen LogP contribution in [0.3, 0.4) is 0 Å². The van der Waals surface area contributed by atoms with E-state index in [2.05, 4.69) is 20.8 Å². The minimum atomic E-state index is -0.109. The average Bonchev–Trinajstić information content (AvgIpc) is 3.05. The topological polar surface area (TPSA) is 88.9 Å². The van der Waals surface area contributed by atoms with Gasteiger partial charge in [-0.3, -0.25) is 14.2 Å². The first kappa shape index (κ1) is 19.0. The van der Waals surface area contributed by atoms with E-state index in [9.17, 15) is 9.59 Å². The zero-order valence-electron chi connectivity index (χ0n) is 14.7. The van der Waals surface area contributed by atoms with Gasteiger partial charge in [0.2, 0.25) is 11.8 Å². The number of hydrogen-bond donors (Lipinski definition) is 2. The molecule has 2 aromatic rings. The fraction of sp³-hybridized carbons (Fsp3) is 0.412. The molecule has 0 bridgehead atoms. The summed E-state index contributed by atoms with van der Waals surface area (Å²) in [6, 6.07) is 8.00. The molecule has 2 rings (SSSR count). The van der Waals surface area contributed by atoms with Crippen LogP contribution in [0.2, 0.25) is 0 Å². The van der Waals surface area contributed by atoms with Crippen molar-refractivity contribution in [2.45, 2.75) is 25.9 Å². The zero-order chi connectivity index (χ0) is 18.2. The Morgan fingerprint density at radius 2 is 1.84 bits per heavy atom. The van der Waals surface area contributed by atoms with Crippen LogP contribution in [0, 0.1) is 12.8 Å². The Labute approximate surface area is 151 Å². The number of rotatable bonds is 8. The number of benzene rings is 1. The predicted molar refractivity (Wildman–Crippen MR) is 97.7 cm³/mol. The van der Waals surface area contributed by atoms with E-state index < -0.39 is 0 Å². The lowest BCUT2D eigenvalue weighted by atomic mass is 10.2. The van der Waals surface area contributed by atoms with Crippen molar-refractivity contribution in [3.8, 4) is 5.69 Å². The van der Waals surface area contributed by atoms with E-state index in [0.29, 0.717) is 18.2 Å². The van der Waals surface area contributed by atoms with Crippen LogP contribution in [-0.4, -0.2) is 45.4 Å². The van der Waals surface area contributed by atoms with E-state index in [4.69, 9.17) is 0 Å². The van der Waals surface area contributed by atoms with Crippen molar-refractivity contribution in [3.05, 3.63) is 36.2 Å². The summed E-state index contributed by atoms with van der Waals surface area (Å²) in [6.45, 7) is 6.51. The van der Waals surface area contributed by atoms with Crippen molar-refractivity contribution < 1.29 is 9.59 Å². The molecule has 25 heavy (non-hydrogen) atoms. The minimum absolute atomic E-state index is 0.0187. The third-order valence-electron chi connectivity index (χ3n) is 3.43. The molecule has 0 atom stereocenters. The standard InChI is InChI=1S/C17H23N5O2S/c1-12(2)16(24)19-9-8-18-15(23)10-25-17-21-20-11-22(17)14-6-4-13(3)5-7-14/h4-7,11-12H,8-10H2,1-3H3,(H,18,23)(H,19,24). The van der Waals surface area contributed by atoms with Crippen LogP contribution in [0.5, 0.6) is 0 Å². The molecule has 1 aromatic heterocycles. The van der Waals surface area contributed by atoms with Crippen molar-refractivity contribution in [2.75, 3.05) is 18.8 Å². The van der Waals surface area contributed by atoms with Gasteiger partial charge in [0, 0.05) is 24.7 Å². The summed E-state index contributed by atoms with van der Waals surface area (Å²) >= 11 is 1.32. The van der Waals surface area contributed by atoms with Crippen LogP contribution in [0.15, 0.2) is 35.7 Å². The average molecular weight is 361 g/mol. The molecule has 0 saturated carbocycles. The summed E-state index contributed by atoms with van der Waals surface area (Å²) in [5.74, 6) is 0.0549. The third kappa shape index (κ3) is 5.90.